The number of nitro benzene ring substituents is 1. The Hall–Kier alpha value is -2.60. The standard InChI is InChI=1S/C17H20N2O4/c1-3-23-17-7-6-15(9-14(17)11-20)18-10-13-5-4-12(2)16(8-13)19(21)22/h4-9,18,20H,3,10-11H2,1-2H3. The van der Waals surface area contributed by atoms with Crippen LogP contribution in [0.4, 0.5) is 11.4 Å². The van der Waals surface area contributed by atoms with Crippen molar-refractivity contribution < 1.29 is 14.8 Å². The Morgan fingerprint density at radius 1 is 1.26 bits per heavy atom. The molecule has 122 valence electrons. The van der Waals surface area contributed by atoms with Crippen LogP contribution >= 0.6 is 0 Å². The van der Waals surface area contributed by atoms with E-state index < -0.39 is 0 Å². The molecule has 0 amide bonds. The summed E-state index contributed by atoms with van der Waals surface area (Å²) in [6.07, 6.45) is 0. The molecule has 0 aliphatic rings. The number of nitrogens with zero attached hydrogens (tertiary/aromatic N) is 1. The topological polar surface area (TPSA) is 84.6 Å². The van der Waals surface area contributed by atoms with Crippen LogP contribution in [0.5, 0.6) is 5.75 Å². The van der Waals surface area contributed by atoms with Crippen molar-refractivity contribution in [3.63, 3.8) is 0 Å². The Morgan fingerprint density at radius 3 is 2.70 bits per heavy atom. The summed E-state index contributed by atoms with van der Waals surface area (Å²) in [4.78, 5) is 10.6. The lowest BCUT2D eigenvalue weighted by Crippen LogP contribution is -2.03. The lowest BCUT2D eigenvalue weighted by Gasteiger charge is -2.12. The second-order valence-corrected chi connectivity index (χ2v) is 5.15. The fraction of sp³-hybridized carbons (Fsp3) is 0.294. The fourth-order valence-corrected chi connectivity index (χ4v) is 2.28. The predicted molar refractivity (Wildman–Crippen MR) is 88.7 cm³/mol. The molecule has 0 aliphatic carbocycles. The highest BCUT2D eigenvalue weighted by Crippen LogP contribution is 2.24. The minimum absolute atomic E-state index is 0.110. The first kappa shape index (κ1) is 16.8. The van der Waals surface area contributed by atoms with Crippen LogP contribution in [0.2, 0.25) is 0 Å². The van der Waals surface area contributed by atoms with Crippen LogP contribution in [0, 0.1) is 17.0 Å². The van der Waals surface area contributed by atoms with Crippen molar-refractivity contribution in [2.75, 3.05) is 11.9 Å². The molecule has 0 atom stereocenters. The number of aliphatic hydroxyl groups is 1. The van der Waals surface area contributed by atoms with E-state index in [9.17, 15) is 15.2 Å². The van der Waals surface area contributed by atoms with Crippen molar-refractivity contribution >= 4 is 11.4 Å². The van der Waals surface area contributed by atoms with E-state index in [-0.39, 0.29) is 17.2 Å². The smallest absolute Gasteiger partial charge is 0.272 e. The molecule has 0 bridgehead atoms. The molecule has 0 saturated heterocycles. The average Bonchev–Trinajstić information content (AvgIpc) is 2.55. The highest BCUT2D eigenvalue weighted by Gasteiger charge is 2.11. The second kappa shape index (κ2) is 7.60. The molecule has 0 aromatic heterocycles. The molecule has 23 heavy (non-hydrogen) atoms. The summed E-state index contributed by atoms with van der Waals surface area (Å²) in [5.41, 5.74) is 3.10. The van der Waals surface area contributed by atoms with Gasteiger partial charge in [-0.25, -0.2) is 0 Å². The Labute approximate surface area is 134 Å². The van der Waals surface area contributed by atoms with Gasteiger partial charge in [0.2, 0.25) is 0 Å². The summed E-state index contributed by atoms with van der Waals surface area (Å²) >= 11 is 0. The van der Waals surface area contributed by atoms with Gasteiger partial charge < -0.3 is 15.2 Å². The third-order valence-corrected chi connectivity index (χ3v) is 3.50. The molecular formula is C17H20N2O4. The first-order chi connectivity index (χ1) is 11.0. The first-order valence-electron chi connectivity index (χ1n) is 7.39. The van der Waals surface area contributed by atoms with Gasteiger partial charge in [-0.1, -0.05) is 12.1 Å². The van der Waals surface area contributed by atoms with E-state index in [4.69, 9.17) is 4.74 Å². The minimum atomic E-state index is -0.375. The third-order valence-electron chi connectivity index (χ3n) is 3.50. The average molecular weight is 316 g/mol. The van der Waals surface area contributed by atoms with Crippen LogP contribution in [0.15, 0.2) is 36.4 Å². The van der Waals surface area contributed by atoms with E-state index in [1.54, 1.807) is 25.1 Å². The van der Waals surface area contributed by atoms with Crippen molar-refractivity contribution in [2.45, 2.75) is 27.0 Å². The van der Waals surface area contributed by atoms with Crippen molar-refractivity contribution in [1.82, 2.24) is 0 Å². The van der Waals surface area contributed by atoms with Gasteiger partial charge in [-0.2, -0.15) is 0 Å². The zero-order chi connectivity index (χ0) is 16.8. The largest absolute Gasteiger partial charge is 0.494 e. The molecule has 2 aromatic carbocycles. The summed E-state index contributed by atoms with van der Waals surface area (Å²) in [7, 11) is 0. The maximum Gasteiger partial charge on any atom is 0.272 e. The Morgan fingerprint density at radius 2 is 2.04 bits per heavy atom. The zero-order valence-electron chi connectivity index (χ0n) is 13.2. The Bertz CT molecular complexity index is 701. The number of anilines is 1. The van der Waals surface area contributed by atoms with Gasteiger partial charge in [0.05, 0.1) is 18.1 Å². The molecule has 0 saturated carbocycles. The number of aryl methyl sites for hydroxylation is 1. The fourth-order valence-electron chi connectivity index (χ4n) is 2.28. The van der Waals surface area contributed by atoms with Gasteiger partial charge in [0, 0.05) is 29.4 Å². The molecule has 2 N–H and O–H groups in total. The number of aliphatic hydroxyl groups excluding tert-OH is 1. The molecule has 6 heteroatoms. The molecule has 0 heterocycles. The highest BCUT2D eigenvalue weighted by molar-refractivity contribution is 5.52. The lowest BCUT2D eigenvalue weighted by atomic mass is 10.1. The SMILES string of the molecule is CCOc1ccc(NCc2ccc(C)c([N+](=O)[O-])c2)cc1CO. The molecule has 0 fully saturated rings. The summed E-state index contributed by atoms with van der Waals surface area (Å²) in [5, 5.41) is 23.6. The maximum absolute atomic E-state index is 11.0. The molecule has 0 radical (unpaired) electrons. The van der Waals surface area contributed by atoms with E-state index in [0.717, 1.165) is 11.3 Å². The van der Waals surface area contributed by atoms with Gasteiger partial charge in [-0.15, -0.1) is 0 Å². The van der Waals surface area contributed by atoms with Gasteiger partial charge in [0.15, 0.2) is 0 Å². The summed E-state index contributed by atoms with van der Waals surface area (Å²) in [6.45, 7) is 4.49. The maximum atomic E-state index is 11.0. The number of benzene rings is 2. The minimum Gasteiger partial charge on any atom is -0.494 e. The predicted octanol–water partition coefficient (Wildman–Crippen LogP) is 3.41. The van der Waals surface area contributed by atoms with E-state index in [2.05, 4.69) is 5.32 Å². The Balaban J connectivity index is 2.12. The summed E-state index contributed by atoms with van der Waals surface area (Å²) in [6, 6.07) is 10.6. The van der Waals surface area contributed by atoms with Gasteiger partial charge in [-0.05, 0) is 37.6 Å². The number of hydrogen-bond donors (Lipinski definition) is 2. The molecule has 0 spiro atoms. The molecule has 2 rings (SSSR count). The van der Waals surface area contributed by atoms with E-state index >= 15 is 0 Å². The van der Waals surface area contributed by atoms with Crippen LogP contribution in [0.25, 0.3) is 0 Å². The van der Waals surface area contributed by atoms with E-state index in [1.165, 1.54) is 0 Å². The monoisotopic (exact) mass is 316 g/mol. The van der Waals surface area contributed by atoms with E-state index in [1.807, 2.05) is 25.1 Å². The zero-order valence-corrected chi connectivity index (χ0v) is 13.2. The van der Waals surface area contributed by atoms with Crippen LogP contribution in [-0.2, 0) is 13.2 Å². The van der Waals surface area contributed by atoms with Gasteiger partial charge in [0.1, 0.15) is 5.75 Å². The molecule has 2 aromatic rings. The van der Waals surface area contributed by atoms with Gasteiger partial charge in [-0.3, -0.25) is 10.1 Å². The van der Waals surface area contributed by atoms with Gasteiger partial charge >= 0.3 is 0 Å². The molecular weight excluding hydrogens is 296 g/mol. The number of hydrogen-bond acceptors (Lipinski definition) is 5. The van der Waals surface area contributed by atoms with Crippen LogP contribution < -0.4 is 10.1 Å². The van der Waals surface area contributed by atoms with Crippen molar-refractivity contribution in [1.29, 1.82) is 0 Å². The Kier molecular flexibility index (Phi) is 5.54. The third kappa shape index (κ3) is 4.20. The number of rotatable bonds is 7. The van der Waals surface area contributed by atoms with Crippen LogP contribution in [0.3, 0.4) is 0 Å². The van der Waals surface area contributed by atoms with Gasteiger partial charge in [0.25, 0.3) is 5.69 Å². The highest BCUT2D eigenvalue weighted by atomic mass is 16.6. The van der Waals surface area contributed by atoms with E-state index in [0.29, 0.717) is 30.0 Å². The normalized spacial score (nSPS) is 10.4. The lowest BCUT2D eigenvalue weighted by molar-refractivity contribution is -0.385. The summed E-state index contributed by atoms with van der Waals surface area (Å²) < 4.78 is 5.44. The van der Waals surface area contributed by atoms with Crippen LogP contribution in [0.1, 0.15) is 23.6 Å². The number of nitro groups is 1. The van der Waals surface area contributed by atoms with Crippen molar-refractivity contribution in [2.24, 2.45) is 0 Å². The number of nitrogens with one attached hydrogen (secondary N) is 1. The summed E-state index contributed by atoms with van der Waals surface area (Å²) in [5.74, 6) is 0.659. The van der Waals surface area contributed by atoms with Crippen molar-refractivity contribution in [3.8, 4) is 5.75 Å². The number of ether oxygens (including phenoxy) is 1. The molecule has 0 aliphatic heterocycles. The molecule has 6 nitrogen and oxygen atoms in total. The quantitative estimate of drug-likeness (QED) is 0.604. The van der Waals surface area contributed by atoms with Crippen molar-refractivity contribution in [3.05, 3.63) is 63.2 Å². The first-order valence-corrected chi connectivity index (χ1v) is 7.39. The second-order valence-electron chi connectivity index (χ2n) is 5.15. The molecule has 0 unspecified atom stereocenters. The van der Waals surface area contributed by atoms with Crippen LogP contribution in [-0.4, -0.2) is 16.6 Å².